The van der Waals surface area contributed by atoms with Gasteiger partial charge in [-0.3, -0.25) is 10.4 Å². The van der Waals surface area contributed by atoms with E-state index in [1.165, 1.54) is 0 Å². The van der Waals surface area contributed by atoms with Gasteiger partial charge in [-0.2, -0.15) is 5.10 Å². The molecule has 5 heteroatoms. The molecule has 2 rings (SSSR count). The van der Waals surface area contributed by atoms with Crippen LogP contribution in [0.25, 0.3) is 0 Å². The first-order valence-corrected chi connectivity index (χ1v) is 4.22. The second-order valence-corrected chi connectivity index (χ2v) is 3.02. The summed E-state index contributed by atoms with van der Waals surface area (Å²) in [5.74, 6) is -0.877. The van der Waals surface area contributed by atoms with Gasteiger partial charge in [-0.25, -0.2) is 4.79 Å². The number of carbonyl (C=O) groups is 1. The number of rotatable bonds is 2. The second kappa shape index (κ2) is 3.45. The molecule has 1 atom stereocenters. The normalized spacial score (nSPS) is 20.0. The first kappa shape index (κ1) is 8.68. The van der Waals surface area contributed by atoms with E-state index in [0.717, 1.165) is 11.3 Å². The maximum absolute atomic E-state index is 10.6. The molecule has 0 radical (unpaired) electrons. The molecular formula is C9H9N3O2. The van der Waals surface area contributed by atoms with E-state index in [1.807, 2.05) is 12.1 Å². The Morgan fingerprint density at radius 1 is 1.50 bits per heavy atom. The van der Waals surface area contributed by atoms with E-state index in [-0.39, 0.29) is 0 Å². The van der Waals surface area contributed by atoms with E-state index < -0.39 is 12.0 Å². The molecule has 1 aliphatic rings. The topological polar surface area (TPSA) is 74.6 Å². The van der Waals surface area contributed by atoms with Gasteiger partial charge in [0.1, 0.15) is 6.04 Å². The molecule has 0 saturated carbocycles. The summed E-state index contributed by atoms with van der Waals surface area (Å²) in [5, 5.41) is 12.7. The molecule has 2 N–H and O–H groups in total. The fourth-order valence-corrected chi connectivity index (χ4v) is 1.31. The number of carboxylic acid groups (broad SMARTS) is 1. The van der Waals surface area contributed by atoms with E-state index >= 15 is 0 Å². The van der Waals surface area contributed by atoms with Gasteiger partial charge in [0, 0.05) is 24.4 Å². The highest BCUT2D eigenvalue weighted by molar-refractivity contribution is 6.03. The molecule has 14 heavy (non-hydrogen) atoms. The zero-order valence-electron chi connectivity index (χ0n) is 7.34. The Bertz CT molecular complexity index is 375. The van der Waals surface area contributed by atoms with Crippen molar-refractivity contribution in [3.63, 3.8) is 0 Å². The van der Waals surface area contributed by atoms with Gasteiger partial charge >= 0.3 is 5.97 Å². The third kappa shape index (κ3) is 1.56. The summed E-state index contributed by atoms with van der Waals surface area (Å²) in [5.41, 5.74) is 4.25. The average molecular weight is 191 g/mol. The molecule has 5 nitrogen and oxygen atoms in total. The molecule has 72 valence electrons. The van der Waals surface area contributed by atoms with E-state index in [2.05, 4.69) is 15.5 Å². The molecule has 0 bridgehead atoms. The highest BCUT2D eigenvalue weighted by Gasteiger charge is 2.25. The molecular weight excluding hydrogens is 182 g/mol. The summed E-state index contributed by atoms with van der Waals surface area (Å²) in [6.07, 6.45) is 3.73. The highest BCUT2D eigenvalue weighted by Crippen LogP contribution is 2.10. The minimum Gasteiger partial charge on any atom is -0.480 e. The Hall–Kier alpha value is -1.91. The largest absolute Gasteiger partial charge is 0.480 e. The Morgan fingerprint density at radius 2 is 2.21 bits per heavy atom. The zero-order valence-corrected chi connectivity index (χ0v) is 7.34. The molecule has 0 amide bonds. The maximum Gasteiger partial charge on any atom is 0.328 e. The summed E-state index contributed by atoms with van der Waals surface area (Å²) in [4.78, 5) is 14.5. The van der Waals surface area contributed by atoms with Gasteiger partial charge in [0.2, 0.25) is 0 Å². The third-order valence-electron chi connectivity index (χ3n) is 2.06. The van der Waals surface area contributed by atoms with Crippen LogP contribution in [0.15, 0.2) is 29.6 Å². The predicted molar refractivity (Wildman–Crippen MR) is 50.0 cm³/mol. The van der Waals surface area contributed by atoms with Gasteiger partial charge in [-0.1, -0.05) is 0 Å². The summed E-state index contributed by atoms with van der Waals surface area (Å²) < 4.78 is 0. The van der Waals surface area contributed by atoms with Crippen LogP contribution in [0.5, 0.6) is 0 Å². The standard InChI is InChI=1S/C9H9N3O2/c13-9(14)8-5-7(11-12-8)6-1-3-10-4-2-6/h1-4,8,12H,5H2,(H,13,14). The van der Waals surface area contributed by atoms with Gasteiger partial charge in [0.15, 0.2) is 0 Å². The van der Waals surface area contributed by atoms with Crippen molar-refractivity contribution in [1.82, 2.24) is 10.4 Å². The third-order valence-corrected chi connectivity index (χ3v) is 2.06. The first-order valence-electron chi connectivity index (χ1n) is 4.22. The van der Waals surface area contributed by atoms with Crippen LogP contribution >= 0.6 is 0 Å². The van der Waals surface area contributed by atoms with Crippen molar-refractivity contribution in [3.05, 3.63) is 30.1 Å². The van der Waals surface area contributed by atoms with Crippen LogP contribution in [0.3, 0.4) is 0 Å². The molecule has 0 aromatic carbocycles. The van der Waals surface area contributed by atoms with Gasteiger partial charge < -0.3 is 5.11 Å². The van der Waals surface area contributed by atoms with Crippen LogP contribution in [0, 0.1) is 0 Å². The maximum atomic E-state index is 10.6. The molecule has 1 aromatic heterocycles. The van der Waals surface area contributed by atoms with Crippen LogP contribution in [0.1, 0.15) is 12.0 Å². The fourth-order valence-electron chi connectivity index (χ4n) is 1.31. The van der Waals surface area contributed by atoms with Crippen LogP contribution in [-0.4, -0.2) is 27.8 Å². The average Bonchev–Trinajstić information content (AvgIpc) is 2.68. The smallest absolute Gasteiger partial charge is 0.328 e. The van der Waals surface area contributed by atoms with Crippen LogP contribution < -0.4 is 5.43 Å². The summed E-state index contributed by atoms with van der Waals surface area (Å²) >= 11 is 0. The van der Waals surface area contributed by atoms with E-state index in [9.17, 15) is 4.79 Å². The lowest BCUT2D eigenvalue weighted by Crippen LogP contribution is -2.29. The predicted octanol–water partition coefficient (Wildman–Crippen LogP) is 0.232. The van der Waals surface area contributed by atoms with Crippen LogP contribution in [0.2, 0.25) is 0 Å². The van der Waals surface area contributed by atoms with Crippen molar-refractivity contribution >= 4 is 11.7 Å². The van der Waals surface area contributed by atoms with Crippen LogP contribution in [-0.2, 0) is 4.79 Å². The van der Waals surface area contributed by atoms with Crippen molar-refractivity contribution in [2.24, 2.45) is 5.10 Å². The van der Waals surface area contributed by atoms with Crippen molar-refractivity contribution in [3.8, 4) is 0 Å². The van der Waals surface area contributed by atoms with Gasteiger partial charge in [0.25, 0.3) is 0 Å². The molecule has 1 unspecified atom stereocenters. The number of nitrogens with zero attached hydrogens (tertiary/aromatic N) is 2. The first-order chi connectivity index (χ1) is 6.77. The highest BCUT2D eigenvalue weighted by atomic mass is 16.4. The van der Waals surface area contributed by atoms with E-state index in [0.29, 0.717) is 6.42 Å². The SMILES string of the molecule is O=C(O)C1CC(c2ccncc2)=NN1. The summed E-state index contributed by atoms with van der Waals surface area (Å²) in [7, 11) is 0. The molecule has 0 aliphatic carbocycles. The molecule has 2 heterocycles. The molecule has 0 spiro atoms. The lowest BCUT2D eigenvalue weighted by Gasteiger charge is -2.01. The Morgan fingerprint density at radius 3 is 2.79 bits per heavy atom. The number of aliphatic carboxylic acids is 1. The molecule has 0 saturated heterocycles. The zero-order chi connectivity index (χ0) is 9.97. The molecule has 1 aliphatic heterocycles. The van der Waals surface area contributed by atoms with Gasteiger partial charge in [-0.05, 0) is 12.1 Å². The molecule has 0 fully saturated rings. The number of hydrogen-bond acceptors (Lipinski definition) is 4. The number of carboxylic acids is 1. The van der Waals surface area contributed by atoms with Crippen molar-refractivity contribution in [2.45, 2.75) is 12.5 Å². The second-order valence-electron chi connectivity index (χ2n) is 3.02. The van der Waals surface area contributed by atoms with Crippen molar-refractivity contribution in [2.75, 3.05) is 0 Å². The Balaban J connectivity index is 2.13. The summed E-state index contributed by atoms with van der Waals surface area (Å²) in [6, 6.07) is 3.02. The number of pyridine rings is 1. The Labute approximate surface area is 80.5 Å². The van der Waals surface area contributed by atoms with Crippen LogP contribution in [0.4, 0.5) is 0 Å². The minimum atomic E-state index is -0.877. The Kier molecular flexibility index (Phi) is 2.14. The fraction of sp³-hybridized carbons (Fsp3) is 0.222. The number of hydrazone groups is 1. The van der Waals surface area contributed by atoms with E-state index in [4.69, 9.17) is 5.11 Å². The summed E-state index contributed by atoms with van der Waals surface area (Å²) in [6.45, 7) is 0. The number of aromatic nitrogens is 1. The quantitative estimate of drug-likeness (QED) is 0.701. The number of nitrogens with one attached hydrogen (secondary N) is 1. The number of hydrogen-bond donors (Lipinski definition) is 2. The van der Waals surface area contributed by atoms with E-state index in [1.54, 1.807) is 12.4 Å². The monoisotopic (exact) mass is 191 g/mol. The lowest BCUT2D eigenvalue weighted by molar-refractivity contribution is -0.139. The lowest BCUT2D eigenvalue weighted by atomic mass is 10.1. The van der Waals surface area contributed by atoms with Gasteiger partial charge in [0.05, 0.1) is 5.71 Å². The van der Waals surface area contributed by atoms with Crippen molar-refractivity contribution in [1.29, 1.82) is 0 Å². The van der Waals surface area contributed by atoms with Crippen molar-refractivity contribution < 1.29 is 9.90 Å². The van der Waals surface area contributed by atoms with Gasteiger partial charge in [-0.15, -0.1) is 0 Å². The molecule has 1 aromatic rings. The minimum absolute atomic E-state index is 0.416.